The molecule has 1 unspecified atom stereocenters. The minimum absolute atomic E-state index is 0.00549. The van der Waals surface area contributed by atoms with E-state index in [1.807, 2.05) is 13.0 Å². The van der Waals surface area contributed by atoms with Gasteiger partial charge in [-0.05, 0) is 31.4 Å². The monoisotopic (exact) mass is 401 g/mol. The molecule has 1 fully saturated rings. The lowest BCUT2D eigenvalue weighted by molar-refractivity contribution is -0.122. The van der Waals surface area contributed by atoms with Crippen LogP contribution in [0.2, 0.25) is 0 Å². The number of imide groups is 1. The zero-order valence-corrected chi connectivity index (χ0v) is 17.6. The highest BCUT2D eigenvalue weighted by Gasteiger charge is 2.35. The van der Waals surface area contributed by atoms with Gasteiger partial charge in [0.2, 0.25) is 5.91 Å². The number of hydrogen-bond donors (Lipinski definition) is 1. The standard InChI is InChI=1S/C22H31N3O4/c1-15(2)13-24-9-10-29-17(14-24)12-23-20(26)5-4-8-25-21(27)18-7-6-16(3)11-19(18)22(25)28/h6-7,11,15,17H,4-5,8-10,12-14H2,1-3H3,(H,23,26). The van der Waals surface area contributed by atoms with E-state index in [1.165, 1.54) is 4.90 Å². The van der Waals surface area contributed by atoms with E-state index in [0.29, 0.717) is 36.6 Å². The second kappa shape index (κ2) is 9.50. The molecule has 158 valence electrons. The largest absolute Gasteiger partial charge is 0.374 e. The van der Waals surface area contributed by atoms with Crippen LogP contribution in [0.3, 0.4) is 0 Å². The fraction of sp³-hybridized carbons (Fsp3) is 0.591. The zero-order valence-electron chi connectivity index (χ0n) is 17.6. The van der Waals surface area contributed by atoms with Crippen molar-refractivity contribution in [3.63, 3.8) is 0 Å². The summed E-state index contributed by atoms with van der Waals surface area (Å²) in [6, 6.07) is 5.27. The number of morpholine rings is 1. The lowest BCUT2D eigenvalue weighted by Crippen LogP contribution is -2.48. The van der Waals surface area contributed by atoms with Crippen molar-refractivity contribution in [3.8, 4) is 0 Å². The average molecular weight is 402 g/mol. The van der Waals surface area contributed by atoms with E-state index in [9.17, 15) is 14.4 Å². The number of amides is 3. The molecular formula is C22H31N3O4. The lowest BCUT2D eigenvalue weighted by Gasteiger charge is -2.33. The lowest BCUT2D eigenvalue weighted by atomic mass is 10.1. The molecule has 0 aromatic heterocycles. The molecule has 0 aliphatic carbocycles. The number of benzene rings is 1. The molecule has 1 atom stereocenters. The molecule has 7 heteroatoms. The summed E-state index contributed by atoms with van der Waals surface area (Å²) < 4.78 is 5.75. The van der Waals surface area contributed by atoms with Gasteiger partial charge in [-0.25, -0.2) is 0 Å². The Morgan fingerprint density at radius 3 is 2.76 bits per heavy atom. The first kappa shape index (κ1) is 21.5. The molecule has 1 aromatic carbocycles. The van der Waals surface area contributed by atoms with Crippen molar-refractivity contribution < 1.29 is 19.1 Å². The average Bonchev–Trinajstić information content (AvgIpc) is 2.90. The van der Waals surface area contributed by atoms with E-state index in [4.69, 9.17) is 4.74 Å². The summed E-state index contributed by atoms with van der Waals surface area (Å²) in [5.41, 5.74) is 1.85. The highest BCUT2D eigenvalue weighted by atomic mass is 16.5. The fourth-order valence-corrected chi connectivity index (χ4v) is 3.91. The first-order valence-corrected chi connectivity index (χ1v) is 10.4. The molecule has 0 saturated carbocycles. The van der Waals surface area contributed by atoms with Gasteiger partial charge in [-0.3, -0.25) is 24.2 Å². The summed E-state index contributed by atoms with van der Waals surface area (Å²) in [4.78, 5) is 40.7. The molecule has 2 aliphatic rings. The fourth-order valence-electron chi connectivity index (χ4n) is 3.91. The van der Waals surface area contributed by atoms with Crippen LogP contribution in [0.15, 0.2) is 18.2 Å². The van der Waals surface area contributed by atoms with Gasteiger partial charge in [0.15, 0.2) is 0 Å². The van der Waals surface area contributed by atoms with Crippen LogP contribution in [0.5, 0.6) is 0 Å². The van der Waals surface area contributed by atoms with E-state index >= 15 is 0 Å². The van der Waals surface area contributed by atoms with Gasteiger partial charge < -0.3 is 10.1 Å². The molecular weight excluding hydrogens is 370 g/mol. The van der Waals surface area contributed by atoms with Crippen molar-refractivity contribution in [3.05, 3.63) is 34.9 Å². The Kier molecular flexibility index (Phi) is 7.03. The van der Waals surface area contributed by atoms with Crippen LogP contribution in [-0.4, -0.2) is 73.0 Å². The maximum absolute atomic E-state index is 12.5. The minimum atomic E-state index is -0.272. The third kappa shape index (κ3) is 5.42. The predicted octanol–water partition coefficient (Wildman–Crippen LogP) is 1.84. The number of aryl methyl sites for hydroxylation is 1. The number of ether oxygens (including phenoxy) is 1. The molecule has 3 amide bonds. The molecule has 1 aromatic rings. The first-order valence-electron chi connectivity index (χ1n) is 10.4. The van der Waals surface area contributed by atoms with Crippen LogP contribution < -0.4 is 5.32 Å². The predicted molar refractivity (Wildman–Crippen MR) is 110 cm³/mol. The topological polar surface area (TPSA) is 79.0 Å². The molecule has 0 radical (unpaired) electrons. The number of rotatable bonds is 8. The highest BCUT2D eigenvalue weighted by Crippen LogP contribution is 2.24. The van der Waals surface area contributed by atoms with Crippen molar-refractivity contribution >= 4 is 17.7 Å². The Morgan fingerprint density at radius 2 is 2.00 bits per heavy atom. The van der Waals surface area contributed by atoms with E-state index in [1.54, 1.807) is 12.1 Å². The second-order valence-corrected chi connectivity index (χ2v) is 8.36. The van der Waals surface area contributed by atoms with E-state index < -0.39 is 0 Å². The van der Waals surface area contributed by atoms with Crippen molar-refractivity contribution in [1.82, 2.24) is 15.1 Å². The van der Waals surface area contributed by atoms with Gasteiger partial charge in [0.05, 0.1) is 23.8 Å². The van der Waals surface area contributed by atoms with Gasteiger partial charge in [0.1, 0.15) is 0 Å². The molecule has 1 N–H and O–H groups in total. The molecule has 0 bridgehead atoms. The van der Waals surface area contributed by atoms with Crippen LogP contribution in [0.1, 0.15) is 53.0 Å². The molecule has 2 heterocycles. The SMILES string of the molecule is Cc1ccc2c(c1)C(=O)N(CCCC(=O)NCC1CN(CC(C)C)CCO1)C2=O. The Balaban J connectivity index is 1.39. The minimum Gasteiger partial charge on any atom is -0.374 e. The van der Waals surface area contributed by atoms with E-state index in [2.05, 4.69) is 24.1 Å². The first-order chi connectivity index (χ1) is 13.8. The Bertz CT molecular complexity index is 777. The number of fused-ring (bicyclic) bond motifs is 1. The van der Waals surface area contributed by atoms with Crippen LogP contribution in [-0.2, 0) is 9.53 Å². The highest BCUT2D eigenvalue weighted by molar-refractivity contribution is 6.21. The van der Waals surface area contributed by atoms with Crippen molar-refractivity contribution in [2.75, 3.05) is 39.3 Å². The van der Waals surface area contributed by atoms with Crippen LogP contribution >= 0.6 is 0 Å². The maximum atomic E-state index is 12.5. The van der Waals surface area contributed by atoms with Gasteiger partial charge in [0.25, 0.3) is 11.8 Å². The normalized spacial score (nSPS) is 19.7. The smallest absolute Gasteiger partial charge is 0.261 e. The van der Waals surface area contributed by atoms with Crippen molar-refractivity contribution in [2.45, 2.75) is 39.7 Å². The van der Waals surface area contributed by atoms with Gasteiger partial charge in [-0.1, -0.05) is 25.5 Å². The van der Waals surface area contributed by atoms with Crippen LogP contribution in [0.25, 0.3) is 0 Å². The van der Waals surface area contributed by atoms with Gasteiger partial charge in [-0.2, -0.15) is 0 Å². The molecule has 3 rings (SSSR count). The quantitative estimate of drug-likeness (QED) is 0.673. The third-order valence-corrected chi connectivity index (χ3v) is 5.28. The summed E-state index contributed by atoms with van der Waals surface area (Å²) in [7, 11) is 0. The van der Waals surface area contributed by atoms with Crippen LogP contribution in [0, 0.1) is 12.8 Å². The summed E-state index contributed by atoms with van der Waals surface area (Å²) in [5.74, 6) is -0.0161. The van der Waals surface area contributed by atoms with E-state index in [-0.39, 0.29) is 36.8 Å². The number of carbonyl (C=O) groups is 3. The van der Waals surface area contributed by atoms with Crippen LogP contribution in [0.4, 0.5) is 0 Å². The molecule has 1 saturated heterocycles. The number of nitrogens with one attached hydrogen (secondary N) is 1. The Morgan fingerprint density at radius 1 is 1.24 bits per heavy atom. The van der Waals surface area contributed by atoms with E-state index in [0.717, 1.165) is 25.2 Å². The van der Waals surface area contributed by atoms with Crippen molar-refractivity contribution in [2.24, 2.45) is 5.92 Å². The summed E-state index contributed by atoms with van der Waals surface area (Å²) in [5, 5.41) is 2.92. The maximum Gasteiger partial charge on any atom is 0.261 e. The van der Waals surface area contributed by atoms with Crippen molar-refractivity contribution in [1.29, 1.82) is 0 Å². The summed E-state index contributed by atoms with van der Waals surface area (Å²) in [6.45, 7) is 10.5. The zero-order chi connectivity index (χ0) is 21.0. The number of carbonyl (C=O) groups excluding carboxylic acids is 3. The van der Waals surface area contributed by atoms with Gasteiger partial charge >= 0.3 is 0 Å². The second-order valence-electron chi connectivity index (χ2n) is 8.36. The summed E-state index contributed by atoms with van der Waals surface area (Å²) >= 11 is 0. The molecule has 2 aliphatic heterocycles. The molecule has 0 spiro atoms. The Hall–Kier alpha value is -2.25. The molecule has 29 heavy (non-hydrogen) atoms. The molecule has 7 nitrogen and oxygen atoms in total. The summed E-state index contributed by atoms with van der Waals surface area (Å²) in [6.07, 6.45) is 0.724. The third-order valence-electron chi connectivity index (χ3n) is 5.28. The Labute approximate surface area is 172 Å². The number of hydrogen-bond acceptors (Lipinski definition) is 5. The van der Waals surface area contributed by atoms with Gasteiger partial charge in [-0.15, -0.1) is 0 Å². The number of nitrogens with zero attached hydrogens (tertiary/aromatic N) is 2. The van der Waals surface area contributed by atoms with Gasteiger partial charge in [0, 0.05) is 39.1 Å².